The first-order valence-corrected chi connectivity index (χ1v) is 7.01. The Hall–Kier alpha value is -2.05. The highest BCUT2D eigenvalue weighted by molar-refractivity contribution is 8.27. The third-order valence-electron chi connectivity index (χ3n) is 2.98. The highest BCUT2D eigenvalue weighted by atomic mass is 32.2. The molecule has 5 nitrogen and oxygen atoms in total. The van der Waals surface area contributed by atoms with E-state index in [4.69, 9.17) is 16.6 Å². The maximum Gasteiger partial charge on any atom is 0.255 e. The smallest absolute Gasteiger partial charge is 0.255 e. The minimum absolute atomic E-state index is 0.152. The largest absolute Gasteiger partial charge is 0.366 e. The van der Waals surface area contributed by atoms with Crippen molar-refractivity contribution in [2.45, 2.75) is 6.92 Å². The summed E-state index contributed by atoms with van der Waals surface area (Å²) in [6.07, 6.45) is 0. The first-order chi connectivity index (χ1) is 8.95. The average molecular weight is 277 g/mol. The third kappa shape index (κ3) is 2.16. The van der Waals surface area contributed by atoms with E-state index in [1.54, 1.807) is 6.92 Å². The molecule has 1 heterocycles. The van der Waals surface area contributed by atoms with Gasteiger partial charge in [-0.15, -0.1) is 11.1 Å². The predicted octanol–water partition coefficient (Wildman–Crippen LogP) is 0.531. The van der Waals surface area contributed by atoms with Gasteiger partial charge < -0.3 is 11.5 Å². The SMILES string of the molecule is CC1=C(c2ccccc2)[SH](N)C(C(N)=O)=C1C(N)=O. The summed E-state index contributed by atoms with van der Waals surface area (Å²) in [5.74, 6) is -1.36. The molecule has 0 aliphatic carbocycles. The Balaban J connectivity index is 2.62. The molecule has 1 aliphatic rings. The second-order valence-electron chi connectivity index (χ2n) is 4.16. The molecule has 0 saturated heterocycles. The van der Waals surface area contributed by atoms with Crippen LogP contribution >= 0.6 is 11.1 Å². The van der Waals surface area contributed by atoms with Gasteiger partial charge in [-0.1, -0.05) is 30.3 Å². The zero-order valence-corrected chi connectivity index (χ0v) is 11.3. The van der Waals surface area contributed by atoms with Gasteiger partial charge in [-0.25, -0.2) is 0 Å². The summed E-state index contributed by atoms with van der Waals surface area (Å²) in [6, 6.07) is 9.37. The van der Waals surface area contributed by atoms with Crippen LogP contribution in [0, 0.1) is 0 Å². The number of carbonyl (C=O) groups is 2. The minimum atomic E-state index is -1.43. The van der Waals surface area contributed by atoms with Gasteiger partial charge in [-0.05, 0) is 18.1 Å². The molecule has 1 aromatic carbocycles. The van der Waals surface area contributed by atoms with Crippen molar-refractivity contribution in [3.05, 3.63) is 51.9 Å². The maximum atomic E-state index is 11.5. The molecule has 6 heteroatoms. The molecule has 0 fully saturated rings. The van der Waals surface area contributed by atoms with Crippen molar-refractivity contribution < 1.29 is 9.59 Å². The molecule has 0 spiro atoms. The van der Waals surface area contributed by atoms with Gasteiger partial charge in [-0.2, -0.15) is 0 Å². The van der Waals surface area contributed by atoms with E-state index in [9.17, 15) is 9.59 Å². The molecule has 6 N–H and O–H groups in total. The monoisotopic (exact) mass is 277 g/mol. The van der Waals surface area contributed by atoms with Crippen LogP contribution in [0.25, 0.3) is 4.91 Å². The average Bonchev–Trinajstić information content (AvgIpc) is 2.62. The lowest BCUT2D eigenvalue weighted by atomic mass is 10.0. The number of amides is 2. The Labute approximate surface area is 113 Å². The van der Waals surface area contributed by atoms with Gasteiger partial charge in [0.1, 0.15) is 0 Å². The quantitative estimate of drug-likeness (QED) is 0.604. The van der Waals surface area contributed by atoms with Gasteiger partial charge in [0.05, 0.1) is 10.5 Å². The zero-order valence-electron chi connectivity index (χ0n) is 10.4. The van der Waals surface area contributed by atoms with Crippen molar-refractivity contribution in [3.63, 3.8) is 0 Å². The fraction of sp³-hybridized carbons (Fsp3) is 0.0769. The summed E-state index contributed by atoms with van der Waals surface area (Å²) in [5.41, 5.74) is 12.3. The summed E-state index contributed by atoms with van der Waals surface area (Å²) in [6.45, 7) is 1.74. The van der Waals surface area contributed by atoms with Gasteiger partial charge in [-0.3, -0.25) is 14.7 Å². The van der Waals surface area contributed by atoms with E-state index in [1.165, 1.54) is 0 Å². The van der Waals surface area contributed by atoms with Gasteiger partial charge in [0, 0.05) is 4.91 Å². The normalized spacial score (nSPS) is 20.8. The van der Waals surface area contributed by atoms with Crippen molar-refractivity contribution in [1.82, 2.24) is 0 Å². The van der Waals surface area contributed by atoms with Crippen molar-refractivity contribution in [2.24, 2.45) is 16.6 Å². The van der Waals surface area contributed by atoms with Gasteiger partial charge >= 0.3 is 0 Å². The van der Waals surface area contributed by atoms with E-state index in [1.807, 2.05) is 30.3 Å². The lowest BCUT2D eigenvalue weighted by molar-refractivity contribution is -0.116. The molecule has 0 saturated carbocycles. The molecule has 1 aliphatic heterocycles. The Morgan fingerprint density at radius 2 is 1.63 bits per heavy atom. The topological polar surface area (TPSA) is 112 Å². The molecule has 0 radical (unpaired) electrons. The Morgan fingerprint density at radius 1 is 1.05 bits per heavy atom. The lowest BCUT2D eigenvalue weighted by Crippen LogP contribution is -2.22. The number of primary amides is 2. The fourth-order valence-electron chi connectivity index (χ4n) is 2.20. The lowest BCUT2D eigenvalue weighted by Gasteiger charge is -2.17. The molecule has 100 valence electrons. The predicted molar refractivity (Wildman–Crippen MR) is 77.6 cm³/mol. The third-order valence-corrected chi connectivity index (χ3v) is 4.98. The van der Waals surface area contributed by atoms with Crippen molar-refractivity contribution in [2.75, 3.05) is 0 Å². The van der Waals surface area contributed by atoms with Crippen molar-refractivity contribution in [3.8, 4) is 0 Å². The van der Waals surface area contributed by atoms with E-state index < -0.39 is 22.9 Å². The highest BCUT2D eigenvalue weighted by Gasteiger charge is 2.33. The number of benzene rings is 1. The first kappa shape index (κ1) is 13.4. The Kier molecular flexibility index (Phi) is 3.46. The van der Waals surface area contributed by atoms with Crippen LogP contribution in [0.5, 0.6) is 0 Å². The number of thiol groups is 1. The molecule has 1 atom stereocenters. The minimum Gasteiger partial charge on any atom is -0.366 e. The first-order valence-electron chi connectivity index (χ1n) is 5.60. The summed E-state index contributed by atoms with van der Waals surface area (Å²) >= 11 is -1.43. The fourth-order valence-corrected chi connectivity index (χ4v) is 4.08. The van der Waals surface area contributed by atoms with Gasteiger partial charge in [0.15, 0.2) is 0 Å². The molecule has 0 bridgehead atoms. The van der Waals surface area contributed by atoms with Crippen LogP contribution in [0.1, 0.15) is 12.5 Å². The van der Waals surface area contributed by atoms with Crippen LogP contribution in [-0.4, -0.2) is 11.8 Å². The standard InChI is InChI=1S/C13H15N3O2S/c1-7-9(12(14)17)11(13(15)18)19(16)10(7)8-5-3-2-4-6-8/h2-6,19H,16H2,1H3,(H2,14,17)(H2,15,18). The van der Waals surface area contributed by atoms with Gasteiger partial charge in [0.25, 0.3) is 5.91 Å². The molecule has 19 heavy (non-hydrogen) atoms. The summed E-state index contributed by atoms with van der Waals surface area (Å²) in [7, 11) is 0. The second-order valence-corrected chi connectivity index (χ2v) is 5.80. The molecule has 1 unspecified atom stereocenters. The van der Waals surface area contributed by atoms with Gasteiger partial charge in [0.2, 0.25) is 5.91 Å². The van der Waals surface area contributed by atoms with Crippen LogP contribution in [0.15, 0.2) is 46.4 Å². The highest BCUT2D eigenvalue weighted by Crippen LogP contribution is 2.53. The van der Waals surface area contributed by atoms with Crippen LogP contribution in [-0.2, 0) is 9.59 Å². The number of hydrogen-bond acceptors (Lipinski definition) is 3. The molecular weight excluding hydrogens is 262 g/mol. The molecule has 0 aromatic heterocycles. The van der Waals surface area contributed by atoms with Crippen LogP contribution in [0.4, 0.5) is 0 Å². The number of nitrogens with two attached hydrogens (primary N) is 3. The summed E-state index contributed by atoms with van der Waals surface area (Å²) in [4.78, 5) is 24.0. The molecular formula is C13H15N3O2S. The number of rotatable bonds is 3. The number of carbonyl (C=O) groups excluding carboxylic acids is 2. The molecule has 2 rings (SSSR count). The Bertz CT molecular complexity index is 620. The van der Waals surface area contributed by atoms with Crippen molar-refractivity contribution in [1.29, 1.82) is 0 Å². The van der Waals surface area contributed by atoms with Crippen molar-refractivity contribution >= 4 is 27.8 Å². The van der Waals surface area contributed by atoms with E-state index in [-0.39, 0.29) is 10.5 Å². The summed E-state index contributed by atoms with van der Waals surface area (Å²) in [5, 5.41) is 6.12. The van der Waals surface area contributed by atoms with E-state index in [0.29, 0.717) is 5.57 Å². The maximum absolute atomic E-state index is 11.5. The van der Waals surface area contributed by atoms with E-state index in [2.05, 4.69) is 0 Å². The van der Waals surface area contributed by atoms with Crippen LogP contribution < -0.4 is 16.6 Å². The van der Waals surface area contributed by atoms with E-state index in [0.717, 1.165) is 10.5 Å². The van der Waals surface area contributed by atoms with Crippen LogP contribution in [0.3, 0.4) is 0 Å². The zero-order chi connectivity index (χ0) is 14.2. The second kappa shape index (κ2) is 4.91. The van der Waals surface area contributed by atoms with E-state index >= 15 is 0 Å². The molecule has 1 aromatic rings. The van der Waals surface area contributed by atoms with Crippen LogP contribution in [0.2, 0.25) is 0 Å². The summed E-state index contributed by atoms with van der Waals surface area (Å²) < 4.78 is 0. The number of hydrogen-bond donors (Lipinski definition) is 4. The molecule has 2 amide bonds. The Morgan fingerprint density at radius 3 is 2.05 bits per heavy atom.